The van der Waals surface area contributed by atoms with E-state index in [0.717, 1.165) is 5.56 Å². The lowest BCUT2D eigenvalue weighted by Gasteiger charge is -2.25. The fraction of sp³-hybridized carbons (Fsp3) is 0.600. The average Bonchev–Trinajstić information content (AvgIpc) is 2.71. The van der Waals surface area contributed by atoms with Crippen LogP contribution in [0.1, 0.15) is 26.3 Å². The van der Waals surface area contributed by atoms with E-state index in [-0.39, 0.29) is 12.5 Å². The number of rotatable bonds is 10. The predicted octanol–water partition coefficient (Wildman–Crippen LogP) is 1.98. The molecule has 1 aromatic rings. The minimum Gasteiger partial charge on any atom is -0.496 e. The molecule has 0 saturated carbocycles. The fourth-order valence-electron chi connectivity index (χ4n) is 2.80. The minimum absolute atomic E-state index is 0.0711. The van der Waals surface area contributed by atoms with Crippen LogP contribution in [-0.2, 0) is 11.3 Å². The molecule has 0 saturated heterocycles. The molecule has 0 bridgehead atoms. The Bertz CT molecular complexity index is 660. The van der Waals surface area contributed by atoms with E-state index >= 15 is 0 Å². The molecule has 1 rings (SSSR count). The van der Waals surface area contributed by atoms with Crippen molar-refractivity contribution in [1.29, 1.82) is 0 Å². The molecule has 0 unspecified atom stereocenters. The maximum Gasteiger partial charge on any atom is 0.242 e. The van der Waals surface area contributed by atoms with Crippen LogP contribution in [0.15, 0.2) is 17.1 Å². The Labute approximate surface area is 168 Å². The second kappa shape index (κ2) is 11.9. The Balaban J connectivity index is 3.05. The van der Waals surface area contributed by atoms with Gasteiger partial charge in [-0.05, 0) is 26.8 Å². The summed E-state index contributed by atoms with van der Waals surface area (Å²) in [5.41, 5.74) is 0.860. The fourth-order valence-corrected chi connectivity index (χ4v) is 2.80. The van der Waals surface area contributed by atoms with Crippen LogP contribution in [-0.4, -0.2) is 76.2 Å². The Morgan fingerprint density at radius 3 is 2.07 bits per heavy atom. The number of methoxy groups -OCH3 is 3. The summed E-state index contributed by atoms with van der Waals surface area (Å²) < 4.78 is 16.2. The van der Waals surface area contributed by atoms with Crippen molar-refractivity contribution < 1.29 is 19.0 Å². The summed E-state index contributed by atoms with van der Waals surface area (Å²) in [5, 5.41) is 3.23. The molecule has 1 amide bonds. The maximum atomic E-state index is 12.4. The number of amides is 1. The van der Waals surface area contributed by atoms with E-state index in [4.69, 9.17) is 14.2 Å². The highest BCUT2D eigenvalue weighted by Gasteiger charge is 2.16. The summed E-state index contributed by atoms with van der Waals surface area (Å²) in [6, 6.07) is 3.63. The number of carbonyl (C=O) groups is 1. The third kappa shape index (κ3) is 6.21. The van der Waals surface area contributed by atoms with Crippen molar-refractivity contribution >= 4 is 11.9 Å². The summed E-state index contributed by atoms with van der Waals surface area (Å²) in [7, 11) is 6.64. The second-order valence-electron chi connectivity index (χ2n) is 6.11. The van der Waals surface area contributed by atoms with Gasteiger partial charge in [0.25, 0.3) is 0 Å². The summed E-state index contributed by atoms with van der Waals surface area (Å²) in [4.78, 5) is 20.7. The molecule has 0 aliphatic heterocycles. The van der Waals surface area contributed by atoms with Crippen molar-refractivity contribution in [3.8, 4) is 17.2 Å². The van der Waals surface area contributed by atoms with Gasteiger partial charge >= 0.3 is 0 Å². The second-order valence-corrected chi connectivity index (χ2v) is 6.11. The number of likely N-dealkylation sites (N-methyl/N-ethyl adjacent to an activating group) is 2. The molecule has 0 aliphatic rings. The molecule has 28 heavy (non-hydrogen) atoms. The van der Waals surface area contributed by atoms with Crippen molar-refractivity contribution in [2.75, 3.05) is 54.6 Å². The lowest BCUT2D eigenvalue weighted by molar-refractivity contribution is -0.131. The summed E-state index contributed by atoms with van der Waals surface area (Å²) in [5.74, 6) is 2.60. The number of ether oxygens (including phenoxy) is 3. The molecule has 158 valence electrons. The highest BCUT2D eigenvalue weighted by atomic mass is 16.5. The first-order valence-electron chi connectivity index (χ1n) is 9.51. The SMILES string of the molecule is CCNC(=NCc1cc(OC)c(OC)cc1OC)N(C)CC(=O)N(CC)CC. The van der Waals surface area contributed by atoms with Crippen LogP contribution in [0.3, 0.4) is 0 Å². The Morgan fingerprint density at radius 1 is 1.00 bits per heavy atom. The Hall–Kier alpha value is -2.64. The first kappa shape index (κ1) is 23.4. The van der Waals surface area contributed by atoms with Crippen LogP contribution in [0.2, 0.25) is 0 Å². The number of carbonyl (C=O) groups excluding carboxylic acids is 1. The van der Waals surface area contributed by atoms with E-state index < -0.39 is 0 Å². The van der Waals surface area contributed by atoms with Crippen molar-refractivity contribution in [2.45, 2.75) is 27.3 Å². The van der Waals surface area contributed by atoms with Gasteiger partial charge in [0.05, 0.1) is 34.4 Å². The predicted molar refractivity (Wildman–Crippen MR) is 111 cm³/mol. The van der Waals surface area contributed by atoms with Gasteiger partial charge in [-0.3, -0.25) is 4.79 Å². The van der Waals surface area contributed by atoms with Crippen molar-refractivity contribution in [3.63, 3.8) is 0 Å². The van der Waals surface area contributed by atoms with E-state index in [1.54, 1.807) is 32.3 Å². The average molecular weight is 395 g/mol. The quantitative estimate of drug-likeness (QED) is 0.483. The van der Waals surface area contributed by atoms with Gasteiger partial charge in [-0.2, -0.15) is 0 Å². The normalized spacial score (nSPS) is 11.0. The zero-order valence-corrected chi connectivity index (χ0v) is 18.2. The molecule has 0 heterocycles. The standard InChI is InChI=1S/C20H34N4O4/c1-8-21-20(23(4)14-19(25)24(9-2)10-3)22-13-15-11-17(27-6)18(28-7)12-16(15)26-5/h11-12H,8-10,13-14H2,1-7H3,(H,21,22). The molecule has 1 aromatic carbocycles. The van der Waals surface area contributed by atoms with Crippen LogP contribution in [0, 0.1) is 0 Å². The Kier molecular flexibility index (Phi) is 9.98. The molecule has 0 aromatic heterocycles. The van der Waals surface area contributed by atoms with E-state index in [1.807, 2.05) is 38.8 Å². The molecule has 0 spiro atoms. The van der Waals surface area contributed by atoms with Gasteiger partial charge in [-0.1, -0.05) is 0 Å². The van der Waals surface area contributed by atoms with E-state index in [0.29, 0.717) is 49.4 Å². The van der Waals surface area contributed by atoms with Gasteiger partial charge in [0.2, 0.25) is 5.91 Å². The molecule has 0 atom stereocenters. The van der Waals surface area contributed by atoms with Gasteiger partial charge in [0.1, 0.15) is 5.75 Å². The van der Waals surface area contributed by atoms with Crippen molar-refractivity contribution in [1.82, 2.24) is 15.1 Å². The lowest BCUT2D eigenvalue weighted by atomic mass is 10.1. The van der Waals surface area contributed by atoms with Gasteiger partial charge in [0, 0.05) is 38.3 Å². The summed E-state index contributed by atoms with van der Waals surface area (Å²) >= 11 is 0. The number of benzene rings is 1. The molecule has 1 N–H and O–H groups in total. The molecule has 8 heteroatoms. The highest BCUT2D eigenvalue weighted by molar-refractivity contribution is 5.86. The van der Waals surface area contributed by atoms with Crippen LogP contribution in [0.25, 0.3) is 0 Å². The van der Waals surface area contributed by atoms with Crippen molar-refractivity contribution in [3.05, 3.63) is 17.7 Å². The van der Waals surface area contributed by atoms with Crippen molar-refractivity contribution in [2.24, 2.45) is 4.99 Å². The van der Waals surface area contributed by atoms with Gasteiger partial charge < -0.3 is 29.3 Å². The van der Waals surface area contributed by atoms with E-state index in [9.17, 15) is 4.79 Å². The molecular formula is C20H34N4O4. The first-order chi connectivity index (χ1) is 13.4. The lowest BCUT2D eigenvalue weighted by Crippen LogP contribution is -2.45. The van der Waals surface area contributed by atoms with Gasteiger partial charge in [-0.25, -0.2) is 4.99 Å². The zero-order chi connectivity index (χ0) is 21.1. The smallest absolute Gasteiger partial charge is 0.242 e. The number of nitrogens with zero attached hydrogens (tertiary/aromatic N) is 3. The minimum atomic E-state index is 0.0711. The largest absolute Gasteiger partial charge is 0.496 e. The molecule has 0 radical (unpaired) electrons. The summed E-state index contributed by atoms with van der Waals surface area (Å²) in [6.45, 7) is 8.66. The van der Waals surface area contributed by atoms with Gasteiger partial charge in [-0.15, -0.1) is 0 Å². The Morgan fingerprint density at radius 2 is 1.57 bits per heavy atom. The maximum absolute atomic E-state index is 12.4. The van der Waals surface area contributed by atoms with E-state index in [2.05, 4.69) is 10.3 Å². The topological polar surface area (TPSA) is 75.6 Å². The summed E-state index contributed by atoms with van der Waals surface area (Å²) in [6.07, 6.45) is 0. The monoisotopic (exact) mass is 394 g/mol. The van der Waals surface area contributed by atoms with Gasteiger partial charge in [0.15, 0.2) is 17.5 Å². The number of aliphatic imine (C=N–C) groups is 1. The third-order valence-electron chi connectivity index (χ3n) is 4.37. The zero-order valence-electron chi connectivity index (χ0n) is 18.2. The van der Waals surface area contributed by atoms with Crippen LogP contribution >= 0.6 is 0 Å². The number of hydrogen-bond donors (Lipinski definition) is 1. The number of guanidine groups is 1. The highest BCUT2D eigenvalue weighted by Crippen LogP contribution is 2.34. The first-order valence-corrected chi connectivity index (χ1v) is 9.51. The molecule has 0 fully saturated rings. The molecular weight excluding hydrogens is 360 g/mol. The molecule has 8 nitrogen and oxygen atoms in total. The third-order valence-corrected chi connectivity index (χ3v) is 4.37. The number of nitrogens with one attached hydrogen (secondary N) is 1. The molecule has 0 aliphatic carbocycles. The van der Waals surface area contributed by atoms with Crippen LogP contribution in [0.4, 0.5) is 0 Å². The number of hydrogen-bond acceptors (Lipinski definition) is 5. The van der Waals surface area contributed by atoms with E-state index in [1.165, 1.54) is 0 Å². The van der Waals surface area contributed by atoms with Crippen LogP contribution < -0.4 is 19.5 Å². The van der Waals surface area contributed by atoms with Crippen LogP contribution in [0.5, 0.6) is 17.2 Å².